The lowest BCUT2D eigenvalue weighted by Gasteiger charge is -2.19. The number of aromatic carboxylic acids is 1. The molecule has 1 heterocycles. The normalized spacial score (nSPS) is 11.3. The Morgan fingerprint density at radius 3 is 2.45 bits per heavy atom. The molecule has 5 heteroatoms. The van der Waals surface area contributed by atoms with Crippen LogP contribution in [-0.2, 0) is 12.0 Å². The number of halogens is 1. The van der Waals surface area contributed by atoms with Crippen LogP contribution in [0.2, 0.25) is 5.15 Å². The Kier molecular flexibility index (Phi) is 4.71. The van der Waals surface area contributed by atoms with Crippen LogP contribution in [0.5, 0.6) is 0 Å². The summed E-state index contributed by atoms with van der Waals surface area (Å²) in [6.45, 7) is 7.01. The van der Waals surface area contributed by atoms with E-state index < -0.39 is 5.97 Å². The fourth-order valence-electron chi connectivity index (χ4n) is 2.07. The van der Waals surface area contributed by atoms with Gasteiger partial charge in [-0.05, 0) is 22.6 Å². The van der Waals surface area contributed by atoms with Gasteiger partial charge in [-0.15, -0.1) is 0 Å². The van der Waals surface area contributed by atoms with E-state index in [1.54, 1.807) is 0 Å². The highest BCUT2D eigenvalue weighted by Gasteiger charge is 2.13. The summed E-state index contributed by atoms with van der Waals surface area (Å²) < 4.78 is 0. The SMILES string of the molecule is CC(C)(C)c1ccc(CNc2cc(Cl)ncc2C(=O)O)cc1. The predicted molar refractivity (Wildman–Crippen MR) is 88.7 cm³/mol. The zero-order chi connectivity index (χ0) is 16.3. The number of carboxylic acids is 1. The van der Waals surface area contributed by atoms with E-state index in [1.807, 2.05) is 12.1 Å². The Hall–Kier alpha value is -2.07. The highest BCUT2D eigenvalue weighted by Crippen LogP contribution is 2.23. The monoisotopic (exact) mass is 318 g/mol. The summed E-state index contributed by atoms with van der Waals surface area (Å²) in [7, 11) is 0. The maximum Gasteiger partial charge on any atom is 0.339 e. The first-order valence-electron chi connectivity index (χ1n) is 6.99. The molecule has 0 atom stereocenters. The smallest absolute Gasteiger partial charge is 0.339 e. The molecule has 0 spiro atoms. The van der Waals surface area contributed by atoms with Crippen molar-refractivity contribution in [2.75, 3.05) is 5.32 Å². The molecule has 0 unspecified atom stereocenters. The number of carbonyl (C=O) groups is 1. The summed E-state index contributed by atoms with van der Waals surface area (Å²) in [6, 6.07) is 9.78. The number of carboxylic acid groups (broad SMARTS) is 1. The number of hydrogen-bond acceptors (Lipinski definition) is 3. The van der Waals surface area contributed by atoms with E-state index >= 15 is 0 Å². The van der Waals surface area contributed by atoms with E-state index in [0.717, 1.165) is 5.56 Å². The largest absolute Gasteiger partial charge is 0.478 e. The van der Waals surface area contributed by atoms with Gasteiger partial charge in [-0.1, -0.05) is 56.6 Å². The zero-order valence-corrected chi connectivity index (χ0v) is 13.6. The number of aromatic nitrogens is 1. The van der Waals surface area contributed by atoms with Gasteiger partial charge in [0.25, 0.3) is 0 Å². The van der Waals surface area contributed by atoms with E-state index in [0.29, 0.717) is 12.2 Å². The average molecular weight is 319 g/mol. The molecule has 0 bridgehead atoms. The third-order valence-electron chi connectivity index (χ3n) is 3.40. The van der Waals surface area contributed by atoms with Crippen LogP contribution < -0.4 is 5.32 Å². The molecule has 0 aliphatic carbocycles. The number of hydrogen-bond donors (Lipinski definition) is 2. The van der Waals surface area contributed by atoms with Gasteiger partial charge in [-0.25, -0.2) is 9.78 Å². The highest BCUT2D eigenvalue weighted by atomic mass is 35.5. The van der Waals surface area contributed by atoms with Gasteiger partial charge in [-0.2, -0.15) is 0 Å². The van der Waals surface area contributed by atoms with Crippen LogP contribution in [0.25, 0.3) is 0 Å². The molecule has 1 aromatic carbocycles. The third-order valence-corrected chi connectivity index (χ3v) is 3.61. The Labute approximate surface area is 135 Å². The van der Waals surface area contributed by atoms with Crippen molar-refractivity contribution in [2.45, 2.75) is 32.7 Å². The standard InChI is InChI=1S/C17H19ClN2O2/c1-17(2,3)12-6-4-11(5-7-12)9-19-14-8-15(18)20-10-13(14)16(21)22/h4-8,10H,9H2,1-3H3,(H,19,20)(H,21,22). The second-order valence-electron chi connectivity index (χ2n) is 6.16. The second-order valence-corrected chi connectivity index (χ2v) is 6.55. The van der Waals surface area contributed by atoms with Crippen LogP contribution in [0.1, 0.15) is 42.3 Å². The van der Waals surface area contributed by atoms with Crippen molar-refractivity contribution in [2.24, 2.45) is 0 Å². The van der Waals surface area contributed by atoms with E-state index in [2.05, 4.69) is 43.2 Å². The Morgan fingerprint density at radius 2 is 1.91 bits per heavy atom. The van der Waals surface area contributed by atoms with Crippen LogP contribution in [0.15, 0.2) is 36.5 Å². The molecule has 22 heavy (non-hydrogen) atoms. The number of anilines is 1. The van der Waals surface area contributed by atoms with Gasteiger partial charge in [0.05, 0.1) is 5.69 Å². The van der Waals surface area contributed by atoms with E-state index in [1.165, 1.54) is 17.8 Å². The molecule has 0 saturated heterocycles. The van der Waals surface area contributed by atoms with Crippen LogP contribution in [-0.4, -0.2) is 16.1 Å². The molecule has 0 aliphatic heterocycles. The molecule has 0 saturated carbocycles. The summed E-state index contributed by atoms with van der Waals surface area (Å²) in [5, 5.41) is 12.5. The van der Waals surface area contributed by atoms with Crippen molar-refractivity contribution in [3.8, 4) is 0 Å². The molecular formula is C17H19ClN2O2. The fourth-order valence-corrected chi connectivity index (χ4v) is 2.22. The molecular weight excluding hydrogens is 300 g/mol. The maximum atomic E-state index is 11.2. The molecule has 2 rings (SSSR count). The molecule has 0 amide bonds. The average Bonchev–Trinajstić information content (AvgIpc) is 2.44. The Morgan fingerprint density at radius 1 is 1.27 bits per heavy atom. The van der Waals surface area contributed by atoms with Gasteiger partial charge in [0, 0.05) is 12.7 Å². The molecule has 1 aromatic heterocycles. The van der Waals surface area contributed by atoms with Gasteiger partial charge in [-0.3, -0.25) is 0 Å². The summed E-state index contributed by atoms with van der Waals surface area (Å²) in [6.07, 6.45) is 1.26. The molecule has 4 nitrogen and oxygen atoms in total. The van der Waals surface area contributed by atoms with Crippen molar-refractivity contribution in [3.63, 3.8) is 0 Å². The minimum absolute atomic E-state index is 0.107. The van der Waals surface area contributed by atoms with Crippen LogP contribution in [0.4, 0.5) is 5.69 Å². The number of rotatable bonds is 4. The fraction of sp³-hybridized carbons (Fsp3) is 0.294. The molecule has 2 N–H and O–H groups in total. The highest BCUT2D eigenvalue weighted by molar-refractivity contribution is 6.29. The minimum Gasteiger partial charge on any atom is -0.478 e. The van der Waals surface area contributed by atoms with Gasteiger partial charge < -0.3 is 10.4 Å². The third kappa shape index (κ3) is 3.98. The zero-order valence-electron chi connectivity index (χ0n) is 12.9. The first-order chi connectivity index (χ1) is 10.3. The minimum atomic E-state index is -1.03. The number of benzene rings is 1. The number of pyridine rings is 1. The summed E-state index contributed by atoms with van der Waals surface area (Å²) in [5.41, 5.74) is 3.01. The first kappa shape index (κ1) is 16.3. The van der Waals surface area contributed by atoms with Gasteiger partial charge in [0.2, 0.25) is 0 Å². The van der Waals surface area contributed by atoms with Crippen molar-refractivity contribution in [3.05, 3.63) is 58.4 Å². The molecule has 0 fully saturated rings. The number of nitrogens with one attached hydrogen (secondary N) is 1. The lowest BCUT2D eigenvalue weighted by Crippen LogP contribution is -2.11. The predicted octanol–water partition coefficient (Wildman–Crippen LogP) is 4.34. The van der Waals surface area contributed by atoms with Crippen molar-refractivity contribution < 1.29 is 9.90 Å². The maximum absolute atomic E-state index is 11.2. The molecule has 2 aromatic rings. The summed E-state index contributed by atoms with van der Waals surface area (Å²) >= 11 is 5.83. The summed E-state index contributed by atoms with van der Waals surface area (Å²) in [5.74, 6) is -1.03. The van der Waals surface area contributed by atoms with Crippen LogP contribution >= 0.6 is 11.6 Å². The number of nitrogens with zero attached hydrogens (tertiary/aromatic N) is 1. The summed E-state index contributed by atoms with van der Waals surface area (Å²) in [4.78, 5) is 15.0. The Balaban J connectivity index is 2.13. The lowest BCUT2D eigenvalue weighted by atomic mass is 9.87. The molecule has 0 aliphatic rings. The van der Waals surface area contributed by atoms with Crippen molar-refractivity contribution >= 4 is 23.3 Å². The topological polar surface area (TPSA) is 62.2 Å². The van der Waals surface area contributed by atoms with Crippen LogP contribution in [0.3, 0.4) is 0 Å². The van der Waals surface area contributed by atoms with Crippen LogP contribution in [0, 0.1) is 0 Å². The second kappa shape index (κ2) is 6.36. The van der Waals surface area contributed by atoms with E-state index in [9.17, 15) is 4.79 Å². The first-order valence-corrected chi connectivity index (χ1v) is 7.37. The quantitative estimate of drug-likeness (QED) is 0.823. The van der Waals surface area contributed by atoms with Gasteiger partial charge in [0.1, 0.15) is 10.7 Å². The molecule has 116 valence electrons. The van der Waals surface area contributed by atoms with E-state index in [4.69, 9.17) is 16.7 Å². The van der Waals surface area contributed by atoms with Crippen molar-refractivity contribution in [1.29, 1.82) is 0 Å². The van der Waals surface area contributed by atoms with Crippen molar-refractivity contribution in [1.82, 2.24) is 4.98 Å². The Bertz CT molecular complexity index is 676. The van der Waals surface area contributed by atoms with E-state index in [-0.39, 0.29) is 16.1 Å². The lowest BCUT2D eigenvalue weighted by molar-refractivity contribution is 0.0697. The van der Waals surface area contributed by atoms with Gasteiger partial charge in [0.15, 0.2) is 0 Å². The molecule has 0 radical (unpaired) electrons. The van der Waals surface area contributed by atoms with Gasteiger partial charge >= 0.3 is 5.97 Å².